The second kappa shape index (κ2) is 8.98. The van der Waals surface area contributed by atoms with Crippen molar-refractivity contribution in [2.75, 3.05) is 11.9 Å². The van der Waals surface area contributed by atoms with Gasteiger partial charge in [0.15, 0.2) is 0 Å². The summed E-state index contributed by atoms with van der Waals surface area (Å²) in [6.45, 7) is 6.89. The van der Waals surface area contributed by atoms with Crippen LogP contribution in [0.5, 0.6) is 0 Å². The molecule has 0 fully saturated rings. The molecule has 0 radical (unpaired) electrons. The Morgan fingerprint density at radius 2 is 1.79 bits per heavy atom. The molecule has 0 spiro atoms. The van der Waals surface area contributed by atoms with Crippen molar-refractivity contribution in [3.8, 4) is 0 Å². The van der Waals surface area contributed by atoms with Crippen molar-refractivity contribution >= 4 is 17.7 Å². The number of anilines is 1. The summed E-state index contributed by atoms with van der Waals surface area (Å²) in [5, 5.41) is 2.51. The van der Waals surface area contributed by atoms with Crippen LogP contribution in [0.3, 0.4) is 0 Å². The Morgan fingerprint density at radius 3 is 2.31 bits per heavy atom. The van der Waals surface area contributed by atoms with Crippen molar-refractivity contribution in [3.05, 3.63) is 59.4 Å². The zero-order valence-electron chi connectivity index (χ0n) is 17.1. The van der Waals surface area contributed by atoms with E-state index in [0.29, 0.717) is 5.69 Å². The normalized spacial score (nSPS) is 12.2. The number of hydrogen-bond acceptors (Lipinski definition) is 4. The molecule has 0 saturated carbocycles. The third kappa shape index (κ3) is 6.81. The van der Waals surface area contributed by atoms with E-state index in [1.54, 1.807) is 32.9 Å². The minimum atomic E-state index is -1.10. The predicted octanol–water partition coefficient (Wildman–Crippen LogP) is 3.77. The molecule has 1 atom stereocenters. The Bertz CT molecular complexity index is 859. The number of aromatic nitrogens is 1. The molecule has 0 aliphatic heterocycles. The molecule has 0 aliphatic rings. The van der Waals surface area contributed by atoms with Crippen LogP contribution in [0.4, 0.5) is 19.3 Å². The van der Waals surface area contributed by atoms with E-state index >= 15 is 0 Å². The summed E-state index contributed by atoms with van der Waals surface area (Å²) in [7, 11) is 1.53. The average Bonchev–Trinajstić information content (AvgIpc) is 2.58. The van der Waals surface area contributed by atoms with Gasteiger partial charge in [0.25, 0.3) is 0 Å². The fourth-order valence-corrected chi connectivity index (χ4v) is 2.63. The molecule has 29 heavy (non-hydrogen) atoms. The first-order chi connectivity index (χ1) is 13.4. The number of alkyl carbamates (subject to hydrolysis) is 1. The van der Waals surface area contributed by atoms with Crippen LogP contribution in [-0.4, -0.2) is 35.7 Å². The third-order valence-electron chi connectivity index (χ3n) is 3.96. The van der Waals surface area contributed by atoms with Crippen LogP contribution < -0.4 is 10.2 Å². The number of carbonyl (C=O) groups is 2. The van der Waals surface area contributed by atoms with Crippen LogP contribution >= 0.6 is 0 Å². The maximum atomic E-state index is 13.6. The number of nitrogens with one attached hydrogen (secondary N) is 1. The quantitative estimate of drug-likeness (QED) is 0.822. The molecule has 2 rings (SSSR count). The number of rotatable bonds is 5. The number of aryl methyl sites for hydroxylation is 1. The molecule has 0 aliphatic carbocycles. The van der Waals surface area contributed by atoms with E-state index in [4.69, 9.17) is 4.74 Å². The summed E-state index contributed by atoms with van der Waals surface area (Å²) in [6, 6.07) is 5.34. The fourth-order valence-electron chi connectivity index (χ4n) is 2.63. The molecule has 1 aromatic heterocycles. The zero-order chi connectivity index (χ0) is 21.8. The van der Waals surface area contributed by atoms with Crippen LogP contribution in [0.2, 0.25) is 0 Å². The number of likely N-dealkylation sites (N-methyl/N-ethyl adjacent to an activating group) is 1. The van der Waals surface area contributed by atoms with E-state index in [0.717, 1.165) is 23.9 Å². The highest BCUT2D eigenvalue weighted by atomic mass is 19.1. The molecule has 1 N–H and O–H groups in total. The van der Waals surface area contributed by atoms with Crippen LogP contribution in [0.25, 0.3) is 0 Å². The summed E-state index contributed by atoms with van der Waals surface area (Å²) in [6.07, 6.45) is 0.610. The Balaban J connectivity index is 2.27. The summed E-state index contributed by atoms with van der Waals surface area (Å²) >= 11 is 0. The maximum Gasteiger partial charge on any atom is 0.408 e. The Morgan fingerprint density at radius 1 is 1.17 bits per heavy atom. The molecule has 0 unspecified atom stereocenters. The molecule has 6 nitrogen and oxygen atoms in total. The Hall–Kier alpha value is -3.03. The van der Waals surface area contributed by atoms with Gasteiger partial charge in [-0.3, -0.25) is 9.78 Å². The molecular weight excluding hydrogens is 380 g/mol. The summed E-state index contributed by atoms with van der Waals surface area (Å²) in [5.74, 6) is -2.01. The molecule has 0 bridgehead atoms. The number of benzene rings is 1. The van der Waals surface area contributed by atoms with Crippen molar-refractivity contribution in [2.24, 2.45) is 0 Å². The molecule has 0 saturated heterocycles. The zero-order valence-corrected chi connectivity index (χ0v) is 17.1. The second-order valence-corrected chi connectivity index (χ2v) is 7.74. The highest BCUT2D eigenvalue weighted by molar-refractivity contribution is 5.98. The van der Waals surface area contributed by atoms with Crippen molar-refractivity contribution in [1.29, 1.82) is 0 Å². The first-order valence-electron chi connectivity index (χ1n) is 9.09. The highest BCUT2D eigenvalue weighted by Crippen LogP contribution is 2.16. The topological polar surface area (TPSA) is 71.5 Å². The Labute approximate surface area is 168 Å². The predicted molar refractivity (Wildman–Crippen MR) is 106 cm³/mol. The van der Waals surface area contributed by atoms with Crippen molar-refractivity contribution < 1.29 is 23.1 Å². The Kier molecular flexibility index (Phi) is 6.89. The lowest BCUT2D eigenvalue weighted by Crippen LogP contribution is -2.50. The lowest BCUT2D eigenvalue weighted by atomic mass is 10.0. The molecule has 156 valence electrons. The third-order valence-corrected chi connectivity index (χ3v) is 3.96. The number of hydrogen-bond donors (Lipinski definition) is 1. The van der Waals surface area contributed by atoms with E-state index in [9.17, 15) is 18.4 Å². The largest absolute Gasteiger partial charge is 0.444 e. The summed E-state index contributed by atoms with van der Waals surface area (Å²) in [5.41, 5.74) is 0.762. The minimum absolute atomic E-state index is 0.115. The van der Waals surface area contributed by atoms with E-state index in [2.05, 4.69) is 10.3 Å². The second-order valence-electron chi connectivity index (χ2n) is 7.74. The van der Waals surface area contributed by atoms with Crippen LogP contribution in [-0.2, 0) is 16.0 Å². The van der Waals surface area contributed by atoms with Gasteiger partial charge in [0, 0.05) is 25.2 Å². The monoisotopic (exact) mass is 405 g/mol. The molecule has 8 heteroatoms. The number of ether oxygens (including phenoxy) is 1. The first kappa shape index (κ1) is 22.3. The van der Waals surface area contributed by atoms with Gasteiger partial charge in [0.2, 0.25) is 5.91 Å². The van der Waals surface area contributed by atoms with E-state index in [-0.39, 0.29) is 12.0 Å². The van der Waals surface area contributed by atoms with Crippen molar-refractivity contribution in [3.63, 3.8) is 0 Å². The summed E-state index contributed by atoms with van der Waals surface area (Å²) in [4.78, 5) is 30.8. The molecule has 1 heterocycles. The van der Waals surface area contributed by atoms with Gasteiger partial charge in [-0.05, 0) is 57.5 Å². The summed E-state index contributed by atoms with van der Waals surface area (Å²) < 4.78 is 32.4. The molecule has 1 aromatic carbocycles. The van der Waals surface area contributed by atoms with Gasteiger partial charge in [-0.15, -0.1) is 0 Å². The standard InChI is InChI=1S/C21H25F2N3O3/c1-13-6-7-17(12-24-13)26(5)19(27)18(25-20(28)29-21(2,3)4)10-14-8-15(22)11-16(23)9-14/h6-9,11-12,18H,10H2,1-5H3,(H,25,28)/t18-/m0/s1. The van der Waals surface area contributed by atoms with Gasteiger partial charge in [0.05, 0.1) is 11.9 Å². The number of nitrogens with zero attached hydrogens (tertiary/aromatic N) is 2. The van der Waals surface area contributed by atoms with Crippen LogP contribution in [0.15, 0.2) is 36.5 Å². The number of amides is 2. The van der Waals surface area contributed by atoms with Gasteiger partial charge < -0.3 is 15.0 Å². The maximum absolute atomic E-state index is 13.6. The minimum Gasteiger partial charge on any atom is -0.444 e. The fraction of sp³-hybridized carbons (Fsp3) is 0.381. The van der Waals surface area contributed by atoms with Gasteiger partial charge in [-0.1, -0.05) is 0 Å². The first-order valence-corrected chi connectivity index (χ1v) is 9.09. The average molecular weight is 405 g/mol. The number of halogens is 2. The van der Waals surface area contributed by atoms with E-state index in [1.807, 2.05) is 6.92 Å². The SMILES string of the molecule is Cc1ccc(N(C)C(=O)[C@H](Cc2cc(F)cc(F)c2)NC(=O)OC(C)(C)C)cn1. The molecule has 2 aromatic rings. The van der Waals surface area contributed by atoms with Crippen molar-refractivity contribution in [2.45, 2.75) is 45.8 Å². The lowest BCUT2D eigenvalue weighted by Gasteiger charge is -2.26. The van der Waals surface area contributed by atoms with Gasteiger partial charge in [-0.25, -0.2) is 13.6 Å². The van der Waals surface area contributed by atoms with Gasteiger partial charge >= 0.3 is 6.09 Å². The van der Waals surface area contributed by atoms with Crippen molar-refractivity contribution in [1.82, 2.24) is 10.3 Å². The van der Waals surface area contributed by atoms with Crippen LogP contribution in [0, 0.1) is 18.6 Å². The van der Waals surface area contributed by atoms with E-state index in [1.165, 1.54) is 18.1 Å². The number of pyridine rings is 1. The smallest absolute Gasteiger partial charge is 0.408 e. The number of carbonyl (C=O) groups excluding carboxylic acids is 2. The molecule has 2 amide bonds. The highest BCUT2D eigenvalue weighted by Gasteiger charge is 2.28. The lowest BCUT2D eigenvalue weighted by molar-refractivity contribution is -0.120. The van der Waals surface area contributed by atoms with Crippen LogP contribution in [0.1, 0.15) is 32.0 Å². The van der Waals surface area contributed by atoms with Gasteiger partial charge in [0.1, 0.15) is 23.3 Å². The van der Waals surface area contributed by atoms with E-state index < -0.39 is 35.3 Å². The molecular formula is C21H25F2N3O3. The van der Waals surface area contributed by atoms with Gasteiger partial charge in [-0.2, -0.15) is 0 Å².